The summed E-state index contributed by atoms with van der Waals surface area (Å²) in [7, 11) is 0. The number of aliphatic hydroxyl groups excluding tert-OH is 1. The molecule has 6 nitrogen and oxygen atoms in total. The van der Waals surface area contributed by atoms with E-state index in [2.05, 4.69) is 11.9 Å². The molecule has 8 heteroatoms. The maximum atomic E-state index is 12.2. The van der Waals surface area contributed by atoms with Crippen LogP contribution in [-0.2, 0) is 9.53 Å². The SMILES string of the molecule is CCCCC[C@H](O)/C=C/[C@H]1CCC(=O)N1CCSc1nc(C(=O)OCC)cs1. The number of aromatic nitrogens is 1. The van der Waals surface area contributed by atoms with E-state index in [9.17, 15) is 14.7 Å². The molecule has 1 aromatic rings. The Labute approximate surface area is 175 Å². The second-order valence-corrected chi connectivity index (χ2v) is 8.91. The standard InChI is InChI=1S/C20H30N2O4S2/c1-3-5-6-7-16(23)10-8-15-9-11-18(24)22(15)12-13-27-20-21-17(14-28-20)19(25)26-4-2/h8,10,14-16,23H,3-7,9,11-13H2,1-2H3/b10-8+/t15-,16-/m0/s1. The summed E-state index contributed by atoms with van der Waals surface area (Å²) in [6.45, 7) is 4.87. The number of ether oxygens (including phenoxy) is 1. The van der Waals surface area contributed by atoms with Gasteiger partial charge in [0.25, 0.3) is 0 Å². The summed E-state index contributed by atoms with van der Waals surface area (Å²) in [4.78, 5) is 30.0. The van der Waals surface area contributed by atoms with Gasteiger partial charge in [-0.05, 0) is 19.8 Å². The summed E-state index contributed by atoms with van der Waals surface area (Å²) in [5.74, 6) is 0.468. The second-order valence-electron chi connectivity index (χ2n) is 6.71. The Balaban J connectivity index is 1.79. The van der Waals surface area contributed by atoms with Crippen molar-refractivity contribution >= 4 is 35.0 Å². The summed E-state index contributed by atoms with van der Waals surface area (Å²) in [5, 5.41) is 11.8. The first kappa shape index (κ1) is 22.9. The number of likely N-dealkylation sites (tertiary alicyclic amines) is 1. The van der Waals surface area contributed by atoms with Crippen molar-refractivity contribution in [1.82, 2.24) is 9.88 Å². The van der Waals surface area contributed by atoms with Crippen LogP contribution in [0.2, 0.25) is 0 Å². The van der Waals surface area contributed by atoms with E-state index in [1.165, 1.54) is 23.1 Å². The molecule has 1 aromatic heterocycles. The molecule has 1 N–H and O–H groups in total. The molecule has 2 atom stereocenters. The molecule has 1 saturated heterocycles. The normalized spacial score (nSPS) is 18.2. The maximum Gasteiger partial charge on any atom is 0.357 e. The Morgan fingerprint density at radius 3 is 3.07 bits per heavy atom. The maximum absolute atomic E-state index is 12.2. The van der Waals surface area contributed by atoms with E-state index in [0.29, 0.717) is 31.0 Å². The summed E-state index contributed by atoms with van der Waals surface area (Å²) in [5.41, 5.74) is 0.337. The van der Waals surface area contributed by atoms with Gasteiger partial charge in [-0.1, -0.05) is 50.1 Å². The van der Waals surface area contributed by atoms with Gasteiger partial charge in [0.2, 0.25) is 5.91 Å². The smallest absolute Gasteiger partial charge is 0.357 e. The van der Waals surface area contributed by atoms with Gasteiger partial charge in [0.15, 0.2) is 10.0 Å². The van der Waals surface area contributed by atoms with Gasteiger partial charge in [0.1, 0.15) is 0 Å². The molecule has 0 saturated carbocycles. The van der Waals surface area contributed by atoms with Crippen molar-refractivity contribution in [3.05, 3.63) is 23.2 Å². The zero-order valence-corrected chi connectivity index (χ0v) is 18.3. The van der Waals surface area contributed by atoms with Crippen LogP contribution in [0.4, 0.5) is 0 Å². The van der Waals surface area contributed by atoms with Gasteiger partial charge in [-0.25, -0.2) is 9.78 Å². The number of hydrogen-bond donors (Lipinski definition) is 1. The number of esters is 1. The molecule has 2 heterocycles. The molecule has 2 rings (SSSR count). The molecule has 0 spiro atoms. The average Bonchev–Trinajstić information content (AvgIpc) is 3.28. The van der Waals surface area contributed by atoms with E-state index in [-0.39, 0.29) is 11.9 Å². The Bertz CT molecular complexity index is 662. The first-order chi connectivity index (χ1) is 13.5. The highest BCUT2D eigenvalue weighted by Crippen LogP contribution is 2.25. The topological polar surface area (TPSA) is 79.7 Å². The van der Waals surface area contributed by atoms with Crippen LogP contribution in [0.1, 0.15) is 62.9 Å². The van der Waals surface area contributed by atoms with Crippen LogP contribution in [0.5, 0.6) is 0 Å². The van der Waals surface area contributed by atoms with Gasteiger partial charge in [-0.3, -0.25) is 4.79 Å². The number of carbonyl (C=O) groups is 2. The van der Waals surface area contributed by atoms with Crippen molar-refractivity contribution in [3.63, 3.8) is 0 Å². The van der Waals surface area contributed by atoms with Crippen molar-refractivity contribution in [2.75, 3.05) is 18.9 Å². The van der Waals surface area contributed by atoms with Crippen LogP contribution < -0.4 is 0 Å². The third kappa shape index (κ3) is 7.22. The fourth-order valence-corrected chi connectivity index (χ4v) is 4.86. The largest absolute Gasteiger partial charge is 0.461 e. The van der Waals surface area contributed by atoms with E-state index in [0.717, 1.165) is 36.4 Å². The summed E-state index contributed by atoms with van der Waals surface area (Å²) in [6.07, 6.45) is 8.79. The Kier molecular flexibility index (Phi) is 10.0. The second kappa shape index (κ2) is 12.2. The van der Waals surface area contributed by atoms with Crippen LogP contribution >= 0.6 is 23.1 Å². The quantitative estimate of drug-likeness (QED) is 0.236. The molecule has 28 heavy (non-hydrogen) atoms. The monoisotopic (exact) mass is 426 g/mol. The summed E-state index contributed by atoms with van der Waals surface area (Å²) in [6, 6.07) is 0.0558. The van der Waals surface area contributed by atoms with Crippen molar-refractivity contribution in [2.24, 2.45) is 0 Å². The molecule has 0 aromatic carbocycles. The Morgan fingerprint density at radius 1 is 1.50 bits per heavy atom. The van der Waals surface area contributed by atoms with E-state index in [1.54, 1.807) is 12.3 Å². The van der Waals surface area contributed by atoms with E-state index >= 15 is 0 Å². The van der Waals surface area contributed by atoms with Crippen molar-refractivity contribution in [1.29, 1.82) is 0 Å². The summed E-state index contributed by atoms with van der Waals surface area (Å²) < 4.78 is 5.75. The van der Waals surface area contributed by atoms with E-state index in [1.807, 2.05) is 17.1 Å². The lowest BCUT2D eigenvalue weighted by atomic mass is 10.1. The third-order valence-corrected chi connectivity index (χ3v) is 6.56. The van der Waals surface area contributed by atoms with Crippen LogP contribution in [0.25, 0.3) is 0 Å². The molecule has 0 bridgehead atoms. The first-order valence-corrected chi connectivity index (χ1v) is 11.8. The first-order valence-electron chi connectivity index (χ1n) is 9.96. The molecule has 0 unspecified atom stereocenters. The number of nitrogens with zero attached hydrogens (tertiary/aromatic N) is 2. The van der Waals surface area contributed by atoms with Gasteiger partial charge in [0.05, 0.1) is 18.8 Å². The van der Waals surface area contributed by atoms with Gasteiger partial charge in [0, 0.05) is 24.1 Å². The van der Waals surface area contributed by atoms with Crippen LogP contribution in [0, 0.1) is 0 Å². The van der Waals surface area contributed by atoms with Gasteiger partial charge in [-0.2, -0.15) is 0 Å². The van der Waals surface area contributed by atoms with Crippen molar-refractivity contribution in [3.8, 4) is 0 Å². The van der Waals surface area contributed by atoms with Gasteiger partial charge in [-0.15, -0.1) is 11.3 Å². The molecule has 0 radical (unpaired) electrons. The molecular formula is C20H30N2O4S2. The molecule has 1 fully saturated rings. The minimum absolute atomic E-state index is 0.0558. The molecule has 0 aliphatic carbocycles. The minimum Gasteiger partial charge on any atom is -0.461 e. The molecule has 1 aliphatic rings. The molecular weight excluding hydrogens is 396 g/mol. The number of carbonyl (C=O) groups excluding carboxylic acids is 2. The minimum atomic E-state index is -0.435. The zero-order chi connectivity index (χ0) is 20.4. The fourth-order valence-electron chi connectivity index (χ4n) is 3.06. The van der Waals surface area contributed by atoms with E-state index < -0.39 is 12.1 Å². The van der Waals surface area contributed by atoms with Gasteiger partial charge >= 0.3 is 5.97 Å². The number of amides is 1. The Hall–Kier alpha value is -1.38. The number of rotatable bonds is 12. The highest BCUT2D eigenvalue weighted by molar-refractivity contribution is 8.01. The van der Waals surface area contributed by atoms with Crippen LogP contribution in [0.3, 0.4) is 0 Å². The molecule has 1 amide bonds. The lowest BCUT2D eigenvalue weighted by Crippen LogP contribution is -2.33. The van der Waals surface area contributed by atoms with E-state index in [4.69, 9.17) is 4.74 Å². The lowest BCUT2D eigenvalue weighted by molar-refractivity contribution is -0.128. The zero-order valence-electron chi connectivity index (χ0n) is 16.6. The number of unbranched alkanes of at least 4 members (excludes halogenated alkanes) is 2. The Morgan fingerprint density at radius 2 is 2.32 bits per heavy atom. The van der Waals surface area contributed by atoms with Crippen LogP contribution in [-0.4, -0.2) is 57.9 Å². The highest BCUT2D eigenvalue weighted by atomic mass is 32.2. The number of thioether (sulfide) groups is 1. The molecule has 156 valence electrons. The third-order valence-electron chi connectivity index (χ3n) is 4.56. The number of thiazole rings is 1. The van der Waals surface area contributed by atoms with Crippen LogP contribution in [0.15, 0.2) is 21.9 Å². The van der Waals surface area contributed by atoms with Crippen molar-refractivity contribution < 1.29 is 19.4 Å². The predicted molar refractivity (Wildman–Crippen MR) is 113 cm³/mol. The highest BCUT2D eigenvalue weighted by Gasteiger charge is 2.28. The predicted octanol–water partition coefficient (Wildman–Crippen LogP) is 3.90. The van der Waals surface area contributed by atoms with Gasteiger partial charge < -0.3 is 14.7 Å². The lowest BCUT2D eigenvalue weighted by Gasteiger charge is -2.22. The van der Waals surface area contributed by atoms with Crippen molar-refractivity contribution in [2.45, 2.75) is 68.9 Å². The molecule has 1 aliphatic heterocycles. The fraction of sp³-hybridized carbons (Fsp3) is 0.650. The average molecular weight is 427 g/mol. The summed E-state index contributed by atoms with van der Waals surface area (Å²) >= 11 is 2.95. The number of aliphatic hydroxyl groups is 1. The number of hydrogen-bond acceptors (Lipinski definition) is 7.